The molecular weight excluding hydrogens is 340 g/mol. The Morgan fingerprint density at radius 3 is 2.37 bits per heavy atom. The lowest BCUT2D eigenvalue weighted by atomic mass is 9.87. The number of carbonyl (C=O) groups excluding carboxylic acids is 2. The average Bonchev–Trinajstić information content (AvgIpc) is 2.72. The summed E-state index contributed by atoms with van der Waals surface area (Å²) in [6.07, 6.45) is 8.87. The number of rotatable bonds is 7. The molecule has 0 spiro atoms. The van der Waals surface area contributed by atoms with E-state index in [4.69, 9.17) is 4.74 Å². The van der Waals surface area contributed by atoms with Crippen LogP contribution in [0.25, 0.3) is 0 Å². The Kier molecular flexibility index (Phi) is 7.55. The van der Waals surface area contributed by atoms with Gasteiger partial charge in [-0.25, -0.2) is 0 Å². The lowest BCUT2D eigenvalue weighted by Crippen LogP contribution is -2.43. The Morgan fingerprint density at radius 1 is 0.963 bits per heavy atom. The molecule has 1 saturated carbocycles. The second-order valence-electron chi connectivity index (χ2n) is 7.94. The van der Waals surface area contributed by atoms with Crippen LogP contribution in [0, 0.1) is 11.8 Å². The van der Waals surface area contributed by atoms with Crippen LogP contribution in [0.3, 0.4) is 0 Å². The highest BCUT2D eigenvalue weighted by molar-refractivity contribution is 5.78. The zero-order chi connectivity index (χ0) is 18.9. The van der Waals surface area contributed by atoms with Crippen LogP contribution in [0.1, 0.15) is 51.4 Å². The summed E-state index contributed by atoms with van der Waals surface area (Å²) in [6, 6.07) is 9.43. The molecule has 0 aromatic heterocycles. The summed E-state index contributed by atoms with van der Waals surface area (Å²) < 4.78 is 5.55. The van der Waals surface area contributed by atoms with Gasteiger partial charge in [0.05, 0.1) is 0 Å². The molecular formula is C22H32N2O3. The summed E-state index contributed by atoms with van der Waals surface area (Å²) in [4.78, 5) is 26.3. The largest absolute Gasteiger partial charge is 0.484 e. The summed E-state index contributed by atoms with van der Waals surface area (Å²) in [6.45, 7) is 2.33. The minimum Gasteiger partial charge on any atom is -0.484 e. The van der Waals surface area contributed by atoms with Crippen molar-refractivity contribution < 1.29 is 14.3 Å². The number of piperidine rings is 1. The standard InChI is InChI=1S/C22H32N2O3/c25-21(15-18-7-3-1-4-8-18)23-16-19-11-13-24(14-12-19)22(26)17-27-20-9-5-2-6-10-20/h2,5-6,9-10,18-19H,1,3-4,7-8,11-17H2,(H,23,25). The third kappa shape index (κ3) is 6.56. The zero-order valence-corrected chi connectivity index (χ0v) is 16.2. The van der Waals surface area contributed by atoms with Crippen LogP contribution in [-0.2, 0) is 9.59 Å². The van der Waals surface area contributed by atoms with E-state index in [2.05, 4.69) is 5.32 Å². The quantitative estimate of drug-likeness (QED) is 0.798. The molecule has 3 rings (SSSR count). The van der Waals surface area contributed by atoms with Crippen molar-refractivity contribution >= 4 is 11.8 Å². The van der Waals surface area contributed by atoms with E-state index in [0.717, 1.165) is 38.2 Å². The van der Waals surface area contributed by atoms with E-state index in [1.54, 1.807) is 0 Å². The molecule has 148 valence electrons. The van der Waals surface area contributed by atoms with Crippen molar-refractivity contribution in [3.63, 3.8) is 0 Å². The van der Waals surface area contributed by atoms with E-state index >= 15 is 0 Å². The van der Waals surface area contributed by atoms with E-state index in [-0.39, 0.29) is 18.4 Å². The topological polar surface area (TPSA) is 58.6 Å². The van der Waals surface area contributed by atoms with Gasteiger partial charge in [-0.2, -0.15) is 0 Å². The molecule has 1 aromatic carbocycles. The van der Waals surface area contributed by atoms with Crippen LogP contribution in [0.2, 0.25) is 0 Å². The Morgan fingerprint density at radius 2 is 1.67 bits per heavy atom. The van der Waals surface area contributed by atoms with Gasteiger partial charge in [0, 0.05) is 26.1 Å². The molecule has 1 aliphatic carbocycles. The fraction of sp³-hybridized carbons (Fsp3) is 0.636. The molecule has 5 heteroatoms. The van der Waals surface area contributed by atoms with E-state index in [1.807, 2.05) is 35.2 Å². The fourth-order valence-corrected chi connectivity index (χ4v) is 4.12. The number of hydrogen-bond donors (Lipinski definition) is 1. The van der Waals surface area contributed by atoms with Gasteiger partial charge in [-0.3, -0.25) is 9.59 Å². The summed E-state index contributed by atoms with van der Waals surface area (Å²) in [7, 11) is 0. The monoisotopic (exact) mass is 372 g/mol. The van der Waals surface area contributed by atoms with Gasteiger partial charge in [-0.05, 0) is 49.7 Å². The molecule has 5 nitrogen and oxygen atoms in total. The smallest absolute Gasteiger partial charge is 0.260 e. The second kappa shape index (κ2) is 10.3. The molecule has 2 aliphatic rings. The maximum atomic E-state index is 12.3. The Bertz CT molecular complexity index is 591. The van der Waals surface area contributed by atoms with Gasteiger partial charge >= 0.3 is 0 Å². The van der Waals surface area contributed by atoms with Crippen LogP contribution in [0.5, 0.6) is 5.75 Å². The molecule has 1 N–H and O–H groups in total. The number of amides is 2. The first-order valence-corrected chi connectivity index (χ1v) is 10.4. The summed E-state index contributed by atoms with van der Waals surface area (Å²) >= 11 is 0. The lowest BCUT2D eigenvalue weighted by molar-refractivity contribution is -0.135. The normalized spacial score (nSPS) is 18.9. The number of hydrogen-bond acceptors (Lipinski definition) is 3. The molecule has 2 amide bonds. The summed E-state index contributed by atoms with van der Waals surface area (Å²) in [5.41, 5.74) is 0. The van der Waals surface area contributed by atoms with E-state index in [1.165, 1.54) is 32.1 Å². The molecule has 2 fully saturated rings. The number of likely N-dealkylation sites (tertiary alicyclic amines) is 1. The van der Waals surface area contributed by atoms with E-state index < -0.39 is 0 Å². The van der Waals surface area contributed by atoms with Crippen molar-refractivity contribution in [2.45, 2.75) is 51.4 Å². The van der Waals surface area contributed by atoms with Crippen LogP contribution in [-0.4, -0.2) is 43.0 Å². The number of nitrogens with zero attached hydrogens (tertiary/aromatic N) is 1. The third-order valence-electron chi connectivity index (χ3n) is 5.86. The van der Waals surface area contributed by atoms with Crippen molar-refractivity contribution in [1.82, 2.24) is 10.2 Å². The van der Waals surface area contributed by atoms with Crippen LogP contribution >= 0.6 is 0 Å². The van der Waals surface area contributed by atoms with E-state index in [0.29, 0.717) is 18.3 Å². The summed E-state index contributed by atoms with van der Waals surface area (Å²) in [5, 5.41) is 3.12. The van der Waals surface area contributed by atoms with Gasteiger partial charge in [-0.15, -0.1) is 0 Å². The molecule has 0 unspecified atom stereocenters. The fourth-order valence-electron chi connectivity index (χ4n) is 4.12. The zero-order valence-electron chi connectivity index (χ0n) is 16.2. The van der Waals surface area contributed by atoms with Crippen molar-refractivity contribution in [2.75, 3.05) is 26.2 Å². The maximum absolute atomic E-state index is 12.3. The summed E-state index contributed by atoms with van der Waals surface area (Å²) in [5.74, 6) is 2.03. The van der Waals surface area contributed by atoms with Crippen molar-refractivity contribution in [3.8, 4) is 5.75 Å². The molecule has 27 heavy (non-hydrogen) atoms. The Labute approximate surface area is 162 Å². The molecule has 1 saturated heterocycles. The van der Waals surface area contributed by atoms with Gasteiger partial charge in [0.25, 0.3) is 5.91 Å². The van der Waals surface area contributed by atoms with Crippen molar-refractivity contribution in [2.24, 2.45) is 11.8 Å². The SMILES string of the molecule is O=C(CC1CCCCC1)NCC1CCN(C(=O)COc2ccccc2)CC1. The van der Waals surface area contributed by atoms with Crippen molar-refractivity contribution in [1.29, 1.82) is 0 Å². The molecule has 1 heterocycles. The van der Waals surface area contributed by atoms with E-state index in [9.17, 15) is 9.59 Å². The highest BCUT2D eigenvalue weighted by Crippen LogP contribution is 2.26. The maximum Gasteiger partial charge on any atom is 0.260 e. The van der Waals surface area contributed by atoms with Gasteiger partial charge in [0.15, 0.2) is 6.61 Å². The molecule has 0 atom stereocenters. The van der Waals surface area contributed by atoms with Gasteiger partial charge < -0.3 is 15.0 Å². The minimum absolute atomic E-state index is 0.0404. The Balaban J connectivity index is 1.30. The van der Waals surface area contributed by atoms with Crippen LogP contribution in [0.15, 0.2) is 30.3 Å². The first-order chi connectivity index (χ1) is 13.2. The predicted molar refractivity (Wildman–Crippen MR) is 105 cm³/mol. The van der Waals surface area contributed by atoms with Crippen molar-refractivity contribution in [3.05, 3.63) is 30.3 Å². The highest BCUT2D eigenvalue weighted by atomic mass is 16.5. The average molecular weight is 373 g/mol. The number of ether oxygens (including phenoxy) is 1. The first kappa shape index (κ1) is 19.7. The third-order valence-corrected chi connectivity index (χ3v) is 5.86. The van der Waals surface area contributed by atoms with Crippen LogP contribution in [0.4, 0.5) is 0 Å². The van der Waals surface area contributed by atoms with Gasteiger partial charge in [0.1, 0.15) is 5.75 Å². The number of nitrogens with one attached hydrogen (secondary N) is 1. The number of para-hydroxylation sites is 1. The Hall–Kier alpha value is -2.04. The van der Waals surface area contributed by atoms with Gasteiger partial charge in [0.2, 0.25) is 5.91 Å². The highest BCUT2D eigenvalue weighted by Gasteiger charge is 2.24. The molecule has 1 aromatic rings. The predicted octanol–water partition coefficient (Wildman–Crippen LogP) is 3.39. The second-order valence-corrected chi connectivity index (χ2v) is 7.94. The number of benzene rings is 1. The lowest BCUT2D eigenvalue weighted by Gasteiger charge is -2.32. The molecule has 0 bridgehead atoms. The first-order valence-electron chi connectivity index (χ1n) is 10.4. The van der Waals surface area contributed by atoms with Gasteiger partial charge in [-0.1, -0.05) is 37.5 Å². The molecule has 1 aliphatic heterocycles. The minimum atomic E-state index is 0.0404. The van der Waals surface area contributed by atoms with Crippen LogP contribution < -0.4 is 10.1 Å². The molecule has 0 radical (unpaired) electrons. The number of carbonyl (C=O) groups is 2.